The summed E-state index contributed by atoms with van der Waals surface area (Å²) >= 11 is 0. The average molecular weight is 270 g/mol. The first-order valence-electron chi connectivity index (χ1n) is 7.25. The van der Waals surface area contributed by atoms with Crippen molar-refractivity contribution in [2.75, 3.05) is 13.1 Å². The first-order valence-corrected chi connectivity index (χ1v) is 7.25. The quantitative estimate of drug-likeness (QED) is 0.798. The van der Waals surface area contributed by atoms with E-state index < -0.39 is 5.60 Å². The molecule has 0 spiro atoms. The molecule has 5 nitrogen and oxygen atoms in total. The lowest BCUT2D eigenvalue weighted by Gasteiger charge is -2.42. The van der Waals surface area contributed by atoms with Crippen molar-refractivity contribution in [1.82, 2.24) is 10.2 Å². The smallest absolute Gasteiger partial charge is 0.410 e. The van der Waals surface area contributed by atoms with Gasteiger partial charge in [-0.1, -0.05) is 0 Å². The molecule has 110 valence electrons. The van der Waals surface area contributed by atoms with Gasteiger partial charge in [0.1, 0.15) is 5.60 Å². The number of carbonyl (C=O) groups is 1. The van der Waals surface area contributed by atoms with Crippen LogP contribution in [0, 0.1) is 0 Å². The molecule has 2 atom stereocenters. The van der Waals surface area contributed by atoms with Crippen LogP contribution in [0.2, 0.25) is 0 Å². The van der Waals surface area contributed by atoms with Crippen molar-refractivity contribution in [3.05, 3.63) is 0 Å². The Labute approximate surface area is 115 Å². The van der Waals surface area contributed by atoms with Crippen molar-refractivity contribution in [2.24, 2.45) is 0 Å². The number of hydrogen-bond donors (Lipinski definition) is 2. The van der Waals surface area contributed by atoms with Crippen LogP contribution in [0.1, 0.15) is 46.5 Å². The number of nitrogens with one attached hydrogen (secondary N) is 1. The normalized spacial score (nSPS) is 28.9. The second-order valence-electron chi connectivity index (χ2n) is 6.77. The Kier molecular flexibility index (Phi) is 4.36. The lowest BCUT2D eigenvalue weighted by atomic mass is 9.92. The summed E-state index contributed by atoms with van der Waals surface area (Å²) in [6.07, 6.45) is 3.58. The van der Waals surface area contributed by atoms with Crippen molar-refractivity contribution in [3.8, 4) is 0 Å². The Balaban J connectivity index is 1.67. The zero-order valence-electron chi connectivity index (χ0n) is 12.2. The van der Waals surface area contributed by atoms with Crippen LogP contribution >= 0.6 is 0 Å². The highest BCUT2D eigenvalue weighted by molar-refractivity contribution is 5.69. The monoisotopic (exact) mass is 270 g/mol. The number of aliphatic hydroxyl groups excluding tert-OH is 1. The molecular weight excluding hydrogens is 244 g/mol. The first-order chi connectivity index (χ1) is 8.83. The number of likely N-dealkylation sites (tertiary alicyclic amines) is 1. The Morgan fingerprint density at radius 2 is 1.95 bits per heavy atom. The van der Waals surface area contributed by atoms with Gasteiger partial charge in [-0.3, -0.25) is 0 Å². The van der Waals surface area contributed by atoms with Gasteiger partial charge in [0.15, 0.2) is 0 Å². The number of amides is 1. The van der Waals surface area contributed by atoms with E-state index in [1.54, 1.807) is 4.90 Å². The van der Waals surface area contributed by atoms with E-state index in [0.29, 0.717) is 25.2 Å². The molecule has 2 unspecified atom stereocenters. The lowest BCUT2D eigenvalue weighted by Crippen LogP contribution is -2.62. The number of ether oxygens (including phenoxy) is 1. The van der Waals surface area contributed by atoms with Crippen molar-refractivity contribution in [3.63, 3.8) is 0 Å². The van der Waals surface area contributed by atoms with Gasteiger partial charge in [-0.2, -0.15) is 0 Å². The van der Waals surface area contributed by atoms with E-state index in [1.165, 1.54) is 0 Å². The van der Waals surface area contributed by atoms with Gasteiger partial charge in [-0.25, -0.2) is 4.79 Å². The fourth-order valence-electron chi connectivity index (χ4n) is 2.71. The summed E-state index contributed by atoms with van der Waals surface area (Å²) in [5.41, 5.74) is -0.428. The van der Waals surface area contributed by atoms with Gasteiger partial charge >= 0.3 is 6.09 Å². The summed E-state index contributed by atoms with van der Waals surface area (Å²) in [5, 5.41) is 13.2. The van der Waals surface area contributed by atoms with Crippen LogP contribution in [-0.4, -0.2) is 53.0 Å². The molecule has 2 N–H and O–H groups in total. The van der Waals surface area contributed by atoms with Crippen LogP contribution in [-0.2, 0) is 4.74 Å². The molecule has 2 rings (SSSR count). The molecule has 1 aliphatic carbocycles. The molecule has 5 heteroatoms. The first kappa shape index (κ1) is 14.6. The summed E-state index contributed by atoms with van der Waals surface area (Å²) in [4.78, 5) is 13.5. The molecule has 1 heterocycles. The Bertz CT molecular complexity index is 321. The van der Waals surface area contributed by atoms with Crippen LogP contribution in [0.4, 0.5) is 4.79 Å². The van der Waals surface area contributed by atoms with Gasteiger partial charge in [0.05, 0.1) is 6.10 Å². The van der Waals surface area contributed by atoms with Gasteiger partial charge in [-0.05, 0) is 46.5 Å². The average Bonchev–Trinajstić information content (AvgIpc) is 2.20. The summed E-state index contributed by atoms with van der Waals surface area (Å²) in [5.74, 6) is 0. The maximum Gasteiger partial charge on any atom is 0.410 e. The van der Waals surface area contributed by atoms with E-state index in [9.17, 15) is 9.90 Å². The lowest BCUT2D eigenvalue weighted by molar-refractivity contribution is 0.00215. The summed E-state index contributed by atoms with van der Waals surface area (Å²) < 4.78 is 5.32. The minimum Gasteiger partial charge on any atom is -0.444 e. The topological polar surface area (TPSA) is 61.8 Å². The molecule has 0 aromatic heterocycles. The summed E-state index contributed by atoms with van der Waals surface area (Å²) in [6.45, 7) is 7.06. The van der Waals surface area contributed by atoms with E-state index in [2.05, 4.69) is 5.32 Å². The third-order valence-corrected chi connectivity index (χ3v) is 3.65. The SMILES string of the molecule is CC(C)(C)OC(=O)N1CC(NC2CCCC(O)C2)C1. The van der Waals surface area contributed by atoms with Crippen LogP contribution in [0.3, 0.4) is 0 Å². The largest absolute Gasteiger partial charge is 0.444 e. The number of aliphatic hydroxyl groups is 1. The number of rotatable bonds is 2. The molecule has 0 aromatic rings. The highest BCUT2D eigenvalue weighted by Crippen LogP contribution is 2.21. The van der Waals surface area contributed by atoms with E-state index in [-0.39, 0.29) is 12.2 Å². The molecule has 2 fully saturated rings. The Morgan fingerprint density at radius 1 is 1.26 bits per heavy atom. The third-order valence-electron chi connectivity index (χ3n) is 3.65. The minimum absolute atomic E-state index is 0.159. The maximum absolute atomic E-state index is 11.8. The molecule has 1 saturated heterocycles. The van der Waals surface area contributed by atoms with Crippen molar-refractivity contribution >= 4 is 6.09 Å². The van der Waals surface area contributed by atoms with E-state index in [1.807, 2.05) is 20.8 Å². The van der Waals surface area contributed by atoms with Crippen LogP contribution in [0.15, 0.2) is 0 Å². The number of carbonyl (C=O) groups excluding carboxylic acids is 1. The minimum atomic E-state index is -0.428. The molecule has 0 aromatic carbocycles. The molecule has 19 heavy (non-hydrogen) atoms. The molecule has 1 amide bonds. The predicted molar refractivity (Wildman–Crippen MR) is 73.0 cm³/mol. The van der Waals surface area contributed by atoms with E-state index >= 15 is 0 Å². The van der Waals surface area contributed by atoms with Gasteiger partial charge < -0.3 is 20.1 Å². The zero-order chi connectivity index (χ0) is 14.0. The highest BCUT2D eigenvalue weighted by atomic mass is 16.6. The van der Waals surface area contributed by atoms with Crippen molar-refractivity contribution < 1.29 is 14.6 Å². The summed E-state index contributed by atoms with van der Waals surface area (Å²) in [6, 6.07) is 0.748. The van der Waals surface area contributed by atoms with Crippen LogP contribution in [0.5, 0.6) is 0 Å². The summed E-state index contributed by atoms with van der Waals surface area (Å²) in [7, 11) is 0. The van der Waals surface area contributed by atoms with Gasteiger partial charge in [0.25, 0.3) is 0 Å². The molecule has 1 aliphatic heterocycles. The van der Waals surface area contributed by atoms with E-state index in [4.69, 9.17) is 4.74 Å². The second kappa shape index (κ2) is 5.67. The molecule has 0 radical (unpaired) electrons. The predicted octanol–water partition coefficient (Wildman–Crippen LogP) is 1.50. The standard InChI is InChI=1S/C14H26N2O3/c1-14(2,3)19-13(18)16-8-11(9-16)15-10-5-4-6-12(17)7-10/h10-12,15,17H,4-9H2,1-3H3. The van der Waals surface area contributed by atoms with Crippen molar-refractivity contribution in [1.29, 1.82) is 0 Å². The van der Waals surface area contributed by atoms with E-state index in [0.717, 1.165) is 25.7 Å². The number of hydrogen-bond acceptors (Lipinski definition) is 4. The highest BCUT2D eigenvalue weighted by Gasteiger charge is 2.35. The fraction of sp³-hybridized carbons (Fsp3) is 0.929. The van der Waals surface area contributed by atoms with Crippen LogP contribution < -0.4 is 5.32 Å². The molecule has 2 aliphatic rings. The molecular formula is C14H26N2O3. The third kappa shape index (κ3) is 4.35. The van der Waals surface area contributed by atoms with Gasteiger partial charge in [0.2, 0.25) is 0 Å². The Hall–Kier alpha value is -0.810. The maximum atomic E-state index is 11.8. The zero-order valence-corrected chi connectivity index (χ0v) is 12.2. The van der Waals surface area contributed by atoms with Crippen molar-refractivity contribution in [2.45, 2.75) is 70.2 Å². The molecule has 0 bridgehead atoms. The van der Waals surface area contributed by atoms with Crippen LogP contribution in [0.25, 0.3) is 0 Å². The number of nitrogens with zero attached hydrogens (tertiary/aromatic N) is 1. The Morgan fingerprint density at radius 3 is 2.53 bits per heavy atom. The van der Waals surface area contributed by atoms with Gasteiger partial charge in [-0.15, -0.1) is 0 Å². The fourth-order valence-corrected chi connectivity index (χ4v) is 2.71. The second-order valence-corrected chi connectivity index (χ2v) is 6.77. The van der Waals surface area contributed by atoms with Gasteiger partial charge in [0, 0.05) is 25.2 Å². The molecule has 1 saturated carbocycles.